The fourth-order valence-corrected chi connectivity index (χ4v) is 5.48. The van der Waals surface area contributed by atoms with Gasteiger partial charge in [0, 0.05) is 35.8 Å². The lowest BCUT2D eigenvalue weighted by Gasteiger charge is -2.33. The minimum absolute atomic E-state index is 0. The van der Waals surface area contributed by atoms with Crippen LogP contribution in [-0.4, -0.2) is 36.8 Å². The third-order valence-corrected chi connectivity index (χ3v) is 7.11. The molecule has 1 aliphatic rings. The molecule has 0 aliphatic carbocycles. The van der Waals surface area contributed by atoms with Crippen molar-refractivity contribution < 1.29 is 8.42 Å². The van der Waals surface area contributed by atoms with Crippen LogP contribution in [0.25, 0.3) is 10.6 Å². The van der Waals surface area contributed by atoms with Crippen molar-refractivity contribution in [2.24, 2.45) is 5.73 Å². The van der Waals surface area contributed by atoms with Crippen LogP contribution >= 0.6 is 23.7 Å². The number of thiazole rings is 1. The zero-order chi connectivity index (χ0) is 16.4. The molecule has 1 aliphatic heterocycles. The number of hydrogen-bond acceptors (Lipinski definition) is 5. The van der Waals surface area contributed by atoms with Crippen molar-refractivity contribution in [3.63, 3.8) is 0 Å². The molecule has 0 amide bonds. The summed E-state index contributed by atoms with van der Waals surface area (Å²) in [5.74, 6) is 0. The van der Waals surface area contributed by atoms with Crippen LogP contribution in [-0.2, 0) is 10.0 Å². The highest BCUT2D eigenvalue weighted by molar-refractivity contribution is 7.89. The van der Waals surface area contributed by atoms with Crippen molar-refractivity contribution in [1.29, 1.82) is 0 Å². The molecule has 0 saturated carbocycles. The summed E-state index contributed by atoms with van der Waals surface area (Å²) in [6.07, 6.45) is 2.76. The van der Waals surface area contributed by atoms with Crippen molar-refractivity contribution in [2.75, 3.05) is 13.1 Å². The van der Waals surface area contributed by atoms with Crippen molar-refractivity contribution in [3.05, 3.63) is 35.3 Å². The summed E-state index contributed by atoms with van der Waals surface area (Å²) in [7, 11) is -3.52. The Hall–Kier alpha value is -0.990. The molecule has 1 atom stereocenters. The van der Waals surface area contributed by atoms with E-state index in [1.165, 1.54) is 11.3 Å². The van der Waals surface area contributed by atoms with E-state index in [9.17, 15) is 8.42 Å². The molecule has 8 heteroatoms. The number of rotatable bonds is 4. The monoisotopic (exact) mass is 387 g/mol. The van der Waals surface area contributed by atoms with Gasteiger partial charge in [-0.3, -0.25) is 0 Å². The fourth-order valence-electron chi connectivity index (χ4n) is 2.94. The molecule has 1 saturated heterocycles. The van der Waals surface area contributed by atoms with Crippen LogP contribution in [0.2, 0.25) is 0 Å². The summed E-state index contributed by atoms with van der Waals surface area (Å²) in [4.78, 5) is 4.76. The fraction of sp³-hybridized carbons (Fsp3) is 0.438. The van der Waals surface area contributed by atoms with Crippen molar-refractivity contribution in [1.82, 2.24) is 9.29 Å². The first-order chi connectivity index (χ1) is 11.0. The highest BCUT2D eigenvalue weighted by Gasteiger charge is 2.32. The second kappa shape index (κ2) is 7.93. The molecule has 24 heavy (non-hydrogen) atoms. The maximum atomic E-state index is 13.0. The first-order valence-corrected chi connectivity index (χ1v) is 10.1. The molecule has 1 aromatic heterocycles. The van der Waals surface area contributed by atoms with Gasteiger partial charge in [-0.15, -0.1) is 23.7 Å². The minimum atomic E-state index is -3.52. The SMILES string of the molecule is Cc1csc(-c2cccc(S(=O)(=O)N3CCCCC3CN)c2)n1.Cl. The molecule has 2 N–H and O–H groups in total. The van der Waals surface area contributed by atoms with Gasteiger partial charge in [0.05, 0.1) is 4.90 Å². The molecule has 1 aromatic carbocycles. The number of nitrogens with two attached hydrogens (primary N) is 1. The second-order valence-electron chi connectivity index (χ2n) is 5.82. The first-order valence-electron chi connectivity index (χ1n) is 7.77. The van der Waals surface area contributed by atoms with E-state index < -0.39 is 10.0 Å². The molecule has 2 aromatic rings. The average molecular weight is 388 g/mol. The number of nitrogens with zero attached hydrogens (tertiary/aromatic N) is 2. The van der Waals surface area contributed by atoms with E-state index >= 15 is 0 Å². The summed E-state index contributed by atoms with van der Waals surface area (Å²) in [6, 6.07) is 6.95. The second-order valence-corrected chi connectivity index (χ2v) is 8.57. The number of hydrogen-bond donors (Lipinski definition) is 1. The molecule has 0 spiro atoms. The van der Waals surface area contributed by atoms with Gasteiger partial charge in [0.25, 0.3) is 0 Å². The van der Waals surface area contributed by atoms with Gasteiger partial charge in [0.1, 0.15) is 5.01 Å². The summed E-state index contributed by atoms with van der Waals surface area (Å²) in [5, 5.41) is 2.81. The molecule has 0 radical (unpaired) electrons. The highest BCUT2D eigenvalue weighted by atomic mass is 35.5. The molecule has 3 rings (SSSR count). The number of benzene rings is 1. The number of aryl methyl sites for hydroxylation is 1. The van der Waals surface area contributed by atoms with E-state index in [-0.39, 0.29) is 18.4 Å². The molecule has 5 nitrogen and oxygen atoms in total. The maximum absolute atomic E-state index is 13.0. The van der Waals surface area contributed by atoms with E-state index in [4.69, 9.17) is 5.73 Å². The molecular formula is C16H22ClN3O2S2. The number of halogens is 1. The Balaban J connectivity index is 0.00000208. The lowest BCUT2D eigenvalue weighted by atomic mass is 10.1. The Labute approximate surface area is 153 Å². The van der Waals surface area contributed by atoms with E-state index in [2.05, 4.69) is 4.98 Å². The number of sulfonamides is 1. The predicted octanol–water partition coefficient (Wildman–Crippen LogP) is 3.04. The van der Waals surface area contributed by atoms with Crippen molar-refractivity contribution >= 4 is 33.8 Å². The van der Waals surface area contributed by atoms with Crippen LogP contribution in [0.3, 0.4) is 0 Å². The van der Waals surface area contributed by atoms with Gasteiger partial charge in [0.15, 0.2) is 0 Å². The predicted molar refractivity (Wildman–Crippen MR) is 100 cm³/mol. The van der Waals surface area contributed by atoms with Crippen molar-refractivity contribution in [3.8, 4) is 10.6 Å². The van der Waals surface area contributed by atoms with Crippen LogP contribution in [0, 0.1) is 6.92 Å². The molecule has 132 valence electrons. The normalized spacial score (nSPS) is 19.0. The van der Waals surface area contributed by atoms with Gasteiger partial charge in [-0.2, -0.15) is 4.31 Å². The summed E-state index contributed by atoms with van der Waals surface area (Å²) in [5.41, 5.74) is 7.56. The van der Waals surface area contributed by atoms with Crippen LogP contribution in [0.4, 0.5) is 0 Å². The Kier molecular flexibility index (Phi) is 6.39. The van der Waals surface area contributed by atoms with Crippen LogP contribution in [0.5, 0.6) is 0 Å². The van der Waals surface area contributed by atoms with Crippen LogP contribution in [0.1, 0.15) is 25.0 Å². The standard InChI is InChI=1S/C16H21N3O2S2.ClH/c1-12-11-22-16(18-12)13-5-4-7-15(9-13)23(20,21)19-8-3-2-6-14(19)10-17;/h4-5,7,9,11,14H,2-3,6,8,10,17H2,1H3;1H. The maximum Gasteiger partial charge on any atom is 0.243 e. The molecule has 0 bridgehead atoms. The van der Waals surface area contributed by atoms with Gasteiger partial charge < -0.3 is 5.73 Å². The zero-order valence-corrected chi connectivity index (χ0v) is 16.0. The molecule has 1 fully saturated rings. The first kappa shape index (κ1) is 19.3. The quantitative estimate of drug-likeness (QED) is 0.874. The molecular weight excluding hydrogens is 366 g/mol. The van der Waals surface area contributed by atoms with Gasteiger partial charge in [-0.05, 0) is 31.9 Å². The lowest BCUT2D eigenvalue weighted by molar-refractivity contribution is 0.257. The third-order valence-electron chi connectivity index (χ3n) is 4.15. The molecule has 2 heterocycles. The lowest BCUT2D eigenvalue weighted by Crippen LogP contribution is -2.47. The van der Waals surface area contributed by atoms with E-state index in [0.717, 1.165) is 35.5 Å². The molecule has 1 unspecified atom stereocenters. The minimum Gasteiger partial charge on any atom is -0.329 e. The Morgan fingerprint density at radius 2 is 2.17 bits per heavy atom. The van der Waals surface area contributed by atoms with Crippen LogP contribution in [0.15, 0.2) is 34.5 Å². The Morgan fingerprint density at radius 3 is 2.83 bits per heavy atom. The number of piperidine rings is 1. The third kappa shape index (κ3) is 3.81. The zero-order valence-electron chi connectivity index (χ0n) is 13.5. The summed E-state index contributed by atoms with van der Waals surface area (Å²) < 4.78 is 27.6. The van der Waals surface area contributed by atoms with Gasteiger partial charge >= 0.3 is 0 Å². The summed E-state index contributed by atoms with van der Waals surface area (Å²) >= 11 is 1.52. The van der Waals surface area contributed by atoms with Gasteiger partial charge in [-0.25, -0.2) is 13.4 Å². The highest BCUT2D eigenvalue weighted by Crippen LogP contribution is 2.29. The largest absolute Gasteiger partial charge is 0.329 e. The van der Waals surface area contributed by atoms with Crippen molar-refractivity contribution in [2.45, 2.75) is 37.1 Å². The topological polar surface area (TPSA) is 76.3 Å². The smallest absolute Gasteiger partial charge is 0.243 e. The van der Waals surface area contributed by atoms with Gasteiger partial charge in [0.2, 0.25) is 10.0 Å². The van der Waals surface area contributed by atoms with Crippen LogP contribution < -0.4 is 5.73 Å². The van der Waals surface area contributed by atoms with E-state index in [1.54, 1.807) is 22.5 Å². The average Bonchev–Trinajstić information content (AvgIpc) is 3.01. The Morgan fingerprint density at radius 1 is 1.38 bits per heavy atom. The van der Waals surface area contributed by atoms with E-state index in [0.29, 0.717) is 18.0 Å². The summed E-state index contributed by atoms with van der Waals surface area (Å²) in [6.45, 7) is 2.84. The van der Waals surface area contributed by atoms with E-state index in [1.807, 2.05) is 18.4 Å². The Bertz CT molecular complexity index is 792. The number of aromatic nitrogens is 1. The van der Waals surface area contributed by atoms with Gasteiger partial charge in [-0.1, -0.05) is 18.6 Å².